The molecule has 1 saturated heterocycles. The van der Waals surface area contributed by atoms with Crippen molar-refractivity contribution in [3.8, 4) is 0 Å². The summed E-state index contributed by atoms with van der Waals surface area (Å²) in [5, 5.41) is 21.0. The van der Waals surface area contributed by atoms with Gasteiger partial charge in [-0.3, -0.25) is 4.90 Å². The summed E-state index contributed by atoms with van der Waals surface area (Å²) in [7, 11) is 0. The van der Waals surface area contributed by atoms with Crippen molar-refractivity contribution in [2.24, 2.45) is 0 Å². The van der Waals surface area contributed by atoms with E-state index in [1.54, 1.807) is 0 Å². The summed E-state index contributed by atoms with van der Waals surface area (Å²) < 4.78 is 38.0. The Bertz CT molecular complexity index is 550. The number of alkyl halides is 3. The van der Waals surface area contributed by atoms with Crippen molar-refractivity contribution in [3.05, 3.63) is 35.4 Å². The number of halogens is 3. The van der Waals surface area contributed by atoms with Crippen molar-refractivity contribution in [1.82, 2.24) is 4.90 Å². The van der Waals surface area contributed by atoms with E-state index >= 15 is 0 Å². The van der Waals surface area contributed by atoms with Crippen LogP contribution in [0, 0.1) is 0 Å². The predicted octanol–water partition coefficient (Wildman–Crippen LogP) is 3.29. The number of piperidine rings is 1. The van der Waals surface area contributed by atoms with Gasteiger partial charge in [-0.05, 0) is 43.4 Å². The van der Waals surface area contributed by atoms with Crippen LogP contribution in [0.5, 0.6) is 0 Å². The molecular weight excluding hydrogens is 319 g/mol. The van der Waals surface area contributed by atoms with E-state index in [1.807, 2.05) is 0 Å². The Hall–Kier alpha value is -1.11. The van der Waals surface area contributed by atoms with E-state index in [1.165, 1.54) is 12.1 Å². The van der Waals surface area contributed by atoms with Crippen LogP contribution >= 0.6 is 0 Å². The van der Waals surface area contributed by atoms with Crippen molar-refractivity contribution in [1.29, 1.82) is 0 Å². The molecule has 134 valence electrons. The highest BCUT2D eigenvalue weighted by Gasteiger charge is 2.39. The lowest BCUT2D eigenvalue weighted by Gasteiger charge is -2.44. The molecule has 0 amide bonds. The lowest BCUT2D eigenvalue weighted by Crippen LogP contribution is -2.51. The molecule has 6 heteroatoms. The van der Waals surface area contributed by atoms with Gasteiger partial charge >= 0.3 is 6.18 Å². The monoisotopic (exact) mass is 343 g/mol. The van der Waals surface area contributed by atoms with Crippen LogP contribution in [0.15, 0.2) is 24.3 Å². The third kappa shape index (κ3) is 3.60. The van der Waals surface area contributed by atoms with Gasteiger partial charge in [-0.1, -0.05) is 25.0 Å². The van der Waals surface area contributed by atoms with E-state index in [0.717, 1.165) is 37.8 Å². The highest BCUT2D eigenvalue weighted by molar-refractivity contribution is 5.29. The predicted molar refractivity (Wildman–Crippen MR) is 84.4 cm³/mol. The van der Waals surface area contributed by atoms with E-state index in [4.69, 9.17) is 0 Å². The second kappa shape index (κ2) is 6.65. The van der Waals surface area contributed by atoms with Gasteiger partial charge in [0.05, 0.1) is 17.3 Å². The number of hydrogen-bond donors (Lipinski definition) is 2. The first-order chi connectivity index (χ1) is 11.3. The minimum Gasteiger partial charge on any atom is -0.391 e. The van der Waals surface area contributed by atoms with Crippen molar-refractivity contribution in [3.63, 3.8) is 0 Å². The Balaban J connectivity index is 1.66. The van der Waals surface area contributed by atoms with Crippen LogP contribution in [-0.4, -0.2) is 40.3 Å². The number of hydrogen-bond acceptors (Lipinski definition) is 3. The number of nitrogens with zero attached hydrogens (tertiary/aromatic N) is 1. The molecule has 0 unspecified atom stereocenters. The van der Waals surface area contributed by atoms with E-state index in [0.29, 0.717) is 31.5 Å². The van der Waals surface area contributed by atoms with Crippen LogP contribution in [0.1, 0.15) is 49.7 Å². The Morgan fingerprint density at radius 3 is 2.12 bits per heavy atom. The fourth-order valence-corrected chi connectivity index (χ4v) is 4.00. The molecule has 0 radical (unpaired) electrons. The van der Waals surface area contributed by atoms with Crippen LogP contribution in [0.3, 0.4) is 0 Å². The maximum atomic E-state index is 12.7. The summed E-state index contributed by atoms with van der Waals surface area (Å²) in [6, 6.07) is 4.98. The molecule has 2 fully saturated rings. The SMILES string of the molecule is O[C@H]1CCCC[C@@H]1N1CCC(O)(c2ccc(C(F)(F)F)cc2)CC1. The third-order valence-corrected chi connectivity index (χ3v) is 5.54. The summed E-state index contributed by atoms with van der Waals surface area (Å²) in [5.74, 6) is 0. The van der Waals surface area contributed by atoms with Gasteiger partial charge in [0.2, 0.25) is 0 Å². The maximum absolute atomic E-state index is 12.7. The van der Waals surface area contributed by atoms with E-state index in [2.05, 4.69) is 4.90 Å². The summed E-state index contributed by atoms with van der Waals surface area (Å²) in [4.78, 5) is 2.22. The molecule has 0 bridgehead atoms. The first-order valence-corrected chi connectivity index (χ1v) is 8.62. The molecule has 1 heterocycles. The fraction of sp³-hybridized carbons (Fsp3) is 0.667. The van der Waals surface area contributed by atoms with Crippen LogP contribution < -0.4 is 0 Å². The van der Waals surface area contributed by atoms with E-state index in [9.17, 15) is 23.4 Å². The molecule has 24 heavy (non-hydrogen) atoms. The maximum Gasteiger partial charge on any atom is 0.416 e. The quantitative estimate of drug-likeness (QED) is 0.866. The zero-order valence-corrected chi connectivity index (χ0v) is 13.6. The van der Waals surface area contributed by atoms with Crippen LogP contribution in [-0.2, 0) is 11.8 Å². The average Bonchev–Trinajstić information content (AvgIpc) is 2.56. The number of likely N-dealkylation sites (tertiary alicyclic amines) is 1. The average molecular weight is 343 g/mol. The molecule has 2 atom stereocenters. The molecule has 1 aromatic carbocycles. The van der Waals surface area contributed by atoms with Gasteiger partial charge in [0, 0.05) is 19.1 Å². The minimum atomic E-state index is -4.36. The Morgan fingerprint density at radius 2 is 1.58 bits per heavy atom. The highest BCUT2D eigenvalue weighted by Crippen LogP contribution is 2.37. The first-order valence-electron chi connectivity index (χ1n) is 8.62. The van der Waals surface area contributed by atoms with E-state index in [-0.39, 0.29) is 12.1 Å². The summed E-state index contributed by atoms with van der Waals surface area (Å²) in [6.07, 6.45) is 0.244. The third-order valence-electron chi connectivity index (χ3n) is 5.54. The normalized spacial score (nSPS) is 28.7. The number of rotatable bonds is 2. The van der Waals surface area contributed by atoms with Crippen LogP contribution in [0.25, 0.3) is 0 Å². The van der Waals surface area contributed by atoms with Crippen LogP contribution in [0.4, 0.5) is 13.2 Å². The topological polar surface area (TPSA) is 43.7 Å². The van der Waals surface area contributed by atoms with Crippen molar-refractivity contribution in [2.75, 3.05) is 13.1 Å². The molecule has 3 rings (SSSR count). The Morgan fingerprint density at radius 1 is 1.00 bits per heavy atom. The minimum absolute atomic E-state index is 0.149. The molecule has 2 N–H and O–H groups in total. The molecule has 0 aromatic heterocycles. The van der Waals surface area contributed by atoms with Gasteiger partial charge in [0.1, 0.15) is 0 Å². The lowest BCUT2D eigenvalue weighted by atomic mass is 9.82. The van der Waals surface area contributed by atoms with Gasteiger partial charge < -0.3 is 10.2 Å². The van der Waals surface area contributed by atoms with Gasteiger partial charge in [-0.2, -0.15) is 13.2 Å². The zero-order chi connectivity index (χ0) is 17.4. The second-order valence-electron chi connectivity index (χ2n) is 7.06. The number of aliphatic hydroxyl groups excluding tert-OH is 1. The van der Waals surface area contributed by atoms with Crippen molar-refractivity contribution >= 4 is 0 Å². The van der Waals surface area contributed by atoms with Gasteiger partial charge in [0.15, 0.2) is 0 Å². The fourth-order valence-electron chi connectivity index (χ4n) is 4.00. The van der Waals surface area contributed by atoms with Gasteiger partial charge in [-0.15, -0.1) is 0 Å². The summed E-state index contributed by atoms with van der Waals surface area (Å²) in [6.45, 7) is 1.30. The zero-order valence-electron chi connectivity index (χ0n) is 13.6. The molecular formula is C18H24F3NO2. The molecule has 0 spiro atoms. The Labute approximate surface area is 140 Å². The highest BCUT2D eigenvalue weighted by atomic mass is 19.4. The van der Waals surface area contributed by atoms with Gasteiger partial charge in [0.25, 0.3) is 0 Å². The summed E-state index contributed by atoms with van der Waals surface area (Å²) in [5.41, 5.74) is -1.24. The summed E-state index contributed by atoms with van der Waals surface area (Å²) >= 11 is 0. The van der Waals surface area contributed by atoms with E-state index < -0.39 is 17.3 Å². The number of benzene rings is 1. The second-order valence-corrected chi connectivity index (χ2v) is 7.06. The molecule has 2 aliphatic rings. The Kier molecular flexibility index (Phi) is 4.91. The van der Waals surface area contributed by atoms with Crippen LogP contribution in [0.2, 0.25) is 0 Å². The largest absolute Gasteiger partial charge is 0.416 e. The first kappa shape index (κ1) is 17.7. The molecule has 1 aromatic rings. The number of aliphatic hydroxyl groups is 2. The smallest absolute Gasteiger partial charge is 0.391 e. The molecule has 1 aliphatic heterocycles. The lowest BCUT2D eigenvalue weighted by molar-refractivity contribution is -0.137. The molecule has 1 aliphatic carbocycles. The van der Waals surface area contributed by atoms with Crippen molar-refractivity contribution < 1.29 is 23.4 Å². The van der Waals surface area contributed by atoms with Crippen molar-refractivity contribution in [2.45, 2.75) is 62.4 Å². The van der Waals surface area contributed by atoms with Gasteiger partial charge in [-0.25, -0.2) is 0 Å². The molecule has 3 nitrogen and oxygen atoms in total. The molecule has 1 saturated carbocycles. The standard InChI is InChI=1S/C18H24F3NO2/c19-18(20,21)14-7-5-13(6-8-14)17(24)9-11-22(12-10-17)15-3-1-2-4-16(15)23/h5-8,15-16,23-24H,1-4,9-12H2/t15-,16-/m0/s1.